The molecule has 0 aliphatic carbocycles. The molecule has 0 atom stereocenters. The molecule has 5 nitrogen and oxygen atoms in total. The Morgan fingerprint density at radius 1 is 0.955 bits per heavy atom. The summed E-state index contributed by atoms with van der Waals surface area (Å²) in [5.41, 5.74) is 1.16. The standard InChI is InChI=1S/C16H16ClN3O2/c17-13-10-14(18-11-13)16(22)20-8-6-19(7-9-20)15(21)12-4-2-1-3-5-12/h1-5,10-11,18H,6-9H2. The topological polar surface area (TPSA) is 56.4 Å². The number of nitrogens with zero attached hydrogens (tertiary/aromatic N) is 2. The van der Waals surface area contributed by atoms with Crippen LogP contribution in [-0.2, 0) is 0 Å². The minimum Gasteiger partial charge on any atom is -0.356 e. The summed E-state index contributed by atoms with van der Waals surface area (Å²) in [4.78, 5) is 31.0. The molecule has 1 aliphatic heterocycles. The Morgan fingerprint density at radius 3 is 2.09 bits per heavy atom. The van der Waals surface area contributed by atoms with Crippen molar-refractivity contribution in [3.63, 3.8) is 0 Å². The number of amides is 2. The van der Waals surface area contributed by atoms with Gasteiger partial charge in [-0.3, -0.25) is 9.59 Å². The van der Waals surface area contributed by atoms with E-state index in [9.17, 15) is 9.59 Å². The quantitative estimate of drug-likeness (QED) is 0.923. The van der Waals surface area contributed by atoms with E-state index in [1.54, 1.807) is 34.2 Å². The van der Waals surface area contributed by atoms with Crippen LogP contribution in [0.1, 0.15) is 20.8 Å². The van der Waals surface area contributed by atoms with Crippen LogP contribution in [0.5, 0.6) is 0 Å². The number of nitrogens with one attached hydrogen (secondary N) is 1. The van der Waals surface area contributed by atoms with E-state index in [-0.39, 0.29) is 11.8 Å². The van der Waals surface area contributed by atoms with Crippen LogP contribution < -0.4 is 0 Å². The van der Waals surface area contributed by atoms with Crippen LogP contribution in [0.4, 0.5) is 0 Å². The molecule has 1 saturated heterocycles. The van der Waals surface area contributed by atoms with Crippen LogP contribution >= 0.6 is 11.6 Å². The van der Waals surface area contributed by atoms with E-state index in [2.05, 4.69) is 4.98 Å². The third-order valence-corrected chi connectivity index (χ3v) is 3.97. The lowest BCUT2D eigenvalue weighted by Crippen LogP contribution is -2.50. The average molecular weight is 318 g/mol. The summed E-state index contributed by atoms with van der Waals surface area (Å²) in [6.07, 6.45) is 1.59. The van der Waals surface area contributed by atoms with Gasteiger partial charge in [-0.25, -0.2) is 0 Å². The average Bonchev–Trinajstić information content (AvgIpc) is 3.01. The lowest BCUT2D eigenvalue weighted by atomic mass is 10.2. The monoisotopic (exact) mass is 317 g/mol. The molecule has 6 heteroatoms. The molecular weight excluding hydrogens is 302 g/mol. The predicted octanol–water partition coefficient (Wildman–Crippen LogP) is 2.27. The van der Waals surface area contributed by atoms with E-state index >= 15 is 0 Å². The number of aromatic amines is 1. The van der Waals surface area contributed by atoms with Crippen molar-refractivity contribution in [2.75, 3.05) is 26.2 Å². The Kier molecular flexibility index (Phi) is 4.15. The molecule has 1 fully saturated rings. The van der Waals surface area contributed by atoms with Crippen LogP contribution in [0.15, 0.2) is 42.6 Å². The number of benzene rings is 1. The van der Waals surface area contributed by atoms with Crippen molar-refractivity contribution >= 4 is 23.4 Å². The molecule has 114 valence electrons. The van der Waals surface area contributed by atoms with Gasteiger partial charge < -0.3 is 14.8 Å². The minimum atomic E-state index is -0.0845. The van der Waals surface area contributed by atoms with Crippen molar-refractivity contribution in [1.29, 1.82) is 0 Å². The van der Waals surface area contributed by atoms with Crippen molar-refractivity contribution in [3.8, 4) is 0 Å². The van der Waals surface area contributed by atoms with Gasteiger partial charge in [-0.2, -0.15) is 0 Å². The normalized spacial score (nSPS) is 15.0. The van der Waals surface area contributed by atoms with E-state index in [0.717, 1.165) is 0 Å². The van der Waals surface area contributed by atoms with Gasteiger partial charge in [0.1, 0.15) is 5.69 Å². The van der Waals surface area contributed by atoms with Crippen molar-refractivity contribution in [2.45, 2.75) is 0 Å². The van der Waals surface area contributed by atoms with Crippen molar-refractivity contribution in [2.24, 2.45) is 0 Å². The maximum Gasteiger partial charge on any atom is 0.270 e. The second-order valence-electron chi connectivity index (χ2n) is 5.18. The number of H-pyrrole nitrogens is 1. The zero-order valence-electron chi connectivity index (χ0n) is 12.0. The Balaban J connectivity index is 1.61. The molecule has 2 aromatic rings. The van der Waals surface area contributed by atoms with E-state index in [4.69, 9.17) is 11.6 Å². The van der Waals surface area contributed by atoms with Crippen molar-refractivity contribution in [1.82, 2.24) is 14.8 Å². The molecule has 0 radical (unpaired) electrons. The maximum absolute atomic E-state index is 12.3. The Bertz CT molecular complexity index is 676. The van der Waals surface area contributed by atoms with Crippen molar-refractivity contribution < 1.29 is 9.59 Å². The molecule has 0 unspecified atom stereocenters. The summed E-state index contributed by atoms with van der Waals surface area (Å²) >= 11 is 5.82. The van der Waals surface area contributed by atoms with Gasteiger partial charge in [0.15, 0.2) is 0 Å². The number of halogens is 1. The largest absolute Gasteiger partial charge is 0.356 e. The van der Waals surface area contributed by atoms with Gasteiger partial charge in [-0.1, -0.05) is 29.8 Å². The Morgan fingerprint density at radius 2 is 1.55 bits per heavy atom. The lowest BCUT2D eigenvalue weighted by Gasteiger charge is -2.34. The van der Waals surface area contributed by atoms with Gasteiger partial charge in [0.2, 0.25) is 0 Å². The molecule has 2 heterocycles. The molecule has 1 aromatic carbocycles. The molecular formula is C16H16ClN3O2. The first-order valence-corrected chi connectivity index (χ1v) is 7.50. The first-order chi connectivity index (χ1) is 10.6. The highest BCUT2D eigenvalue weighted by Crippen LogP contribution is 2.14. The van der Waals surface area contributed by atoms with Crippen LogP contribution in [-0.4, -0.2) is 52.8 Å². The van der Waals surface area contributed by atoms with Gasteiger partial charge >= 0.3 is 0 Å². The zero-order chi connectivity index (χ0) is 15.5. The first-order valence-electron chi connectivity index (χ1n) is 7.12. The summed E-state index contributed by atoms with van der Waals surface area (Å²) in [5.74, 6) is -0.0747. The van der Waals surface area contributed by atoms with Crippen molar-refractivity contribution in [3.05, 3.63) is 58.9 Å². The predicted molar refractivity (Wildman–Crippen MR) is 84.1 cm³/mol. The number of carbonyl (C=O) groups is 2. The number of carbonyl (C=O) groups excluding carboxylic acids is 2. The molecule has 0 bridgehead atoms. The molecule has 1 N–H and O–H groups in total. The SMILES string of the molecule is O=C(c1ccccc1)N1CCN(C(=O)c2cc(Cl)c[nH]2)CC1. The van der Waals surface area contributed by atoms with Gasteiger partial charge in [-0.05, 0) is 18.2 Å². The Hall–Kier alpha value is -2.27. The maximum atomic E-state index is 12.3. The van der Waals surface area contributed by atoms with E-state index in [1.807, 2.05) is 18.2 Å². The highest BCUT2D eigenvalue weighted by molar-refractivity contribution is 6.30. The fourth-order valence-electron chi connectivity index (χ4n) is 2.54. The molecule has 3 rings (SSSR count). The van der Waals surface area contributed by atoms with Gasteiger partial charge in [-0.15, -0.1) is 0 Å². The lowest BCUT2D eigenvalue weighted by molar-refractivity contribution is 0.0532. The molecule has 0 spiro atoms. The molecule has 0 saturated carbocycles. The molecule has 1 aliphatic rings. The summed E-state index contributed by atoms with van der Waals surface area (Å²) in [6, 6.07) is 10.8. The third kappa shape index (κ3) is 2.99. The second-order valence-corrected chi connectivity index (χ2v) is 5.62. The number of rotatable bonds is 2. The van der Waals surface area contributed by atoms with Crippen LogP contribution in [0.3, 0.4) is 0 Å². The molecule has 22 heavy (non-hydrogen) atoms. The molecule has 2 amide bonds. The number of piperazine rings is 1. The summed E-state index contributed by atoms with van der Waals surface area (Å²) in [7, 11) is 0. The fraction of sp³-hybridized carbons (Fsp3) is 0.250. The number of aromatic nitrogens is 1. The van der Waals surface area contributed by atoms with Crippen LogP contribution in [0.2, 0.25) is 5.02 Å². The summed E-state index contributed by atoms with van der Waals surface area (Å²) < 4.78 is 0. The fourth-order valence-corrected chi connectivity index (χ4v) is 2.70. The van der Waals surface area contributed by atoms with Crippen LogP contribution in [0.25, 0.3) is 0 Å². The van der Waals surface area contributed by atoms with Gasteiger partial charge in [0, 0.05) is 37.9 Å². The summed E-state index contributed by atoms with van der Waals surface area (Å²) in [6.45, 7) is 2.11. The van der Waals surface area contributed by atoms with Crippen LogP contribution in [0, 0.1) is 0 Å². The smallest absolute Gasteiger partial charge is 0.270 e. The zero-order valence-corrected chi connectivity index (χ0v) is 12.7. The first kappa shape index (κ1) is 14.7. The highest BCUT2D eigenvalue weighted by Gasteiger charge is 2.25. The minimum absolute atomic E-state index is 0.00983. The van der Waals surface area contributed by atoms with E-state index in [1.165, 1.54) is 0 Å². The third-order valence-electron chi connectivity index (χ3n) is 3.75. The number of hydrogen-bond donors (Lipinski definition) is 1. The highest BCUT2D eigenvalue weighted by atomic mass is 35.5. The van der Waals surface area contributed by atoms with E-state index < -0.39 is 0 Å². The van der Waals surface area contributed by atoms with Gasteiger partial charge in [0.05, 0.1) is 5.02 Å². The molecule has 1 aromatic heterocycles. The Labute approximate surface area is 133 Å². The van der Waals surface area contributed by atoms with Gasteiger partial charge in [0.25, 0.3) is 11.8 Å². The second kappa shape index (κ2) is 6.23. The number of hydrogen-bond acceptors (Lipinski definition) is 2. The summed E-state index contributed by atoms with van der Waals surface area (Å²) in [5, 5.41) is 0.515. The van der Waals surface area contributed by atoms with E-state index in [0.29, 0.717) is 42.5 Å².